The van der Waals surface area contributed by atoms with Crippen LogP contribution in [0, 0.1) is 11.7 Å². The molecule has 1 atom stereocenters. The lowest BCUT2D eigenvalue weighted by Crippen LogP contribution is -2.36. The van der Waals surface area contributed by atoms with Crippen LogP contribution in [0.1, 0.15) is 24.4 Å². The van der Waals surface area contributed by atoms with Crippen molar-refractivity contribution in [1.82, 2.24) is 10.2 Å². The molecule has 0 aromatic heterocycles. The zero-order chi connectivity index (χ0) is 13.8. The predicted octanol–water partition coefficient (Wildman–Crippen LogP) is 2.44. The second kappa shape index (κ2) is 6.35. The van der Waals surface area contributed by atoms with Gasteiger partial charge >= 0.3 is 0 Å². The average Bonchev–Trinajstić information content (AvgIpc) is 2.40. The van der Waals surface area contributed by atoms with Crippen LogP contribution in [0.25, 0.3) is 0 Å². The number of benzene rings is 1. The number of ether oxygens (including phenoxy) is 1. The molecule has 1 aliphatic rings. The Kier molecular flexibility index (Phi) is 4.77. The summed E-state index contributed by atoms with van der Waals surface area (Å²) in [6.45, 7) is 2.10. The molecule has 1 N–H and O–H groups in total. The van der Waals surface area contributed by atoms with Gasteiger partial charge in [0.15, 0.2) is 11.6 Å². The lowest BCUT2D eigenvalue weighted by atomic mass is 9.85. The highest BCUT2D eigenvalue weighted by Crippen LogP contribution is 2.34. The van der Waals surface area contributed by atoms with Crippen LogP contribution >= 0.6 is 0 Å². The topological polar surface area (TPSA) is 24.5 Å². The molecular formula is C15H23FN2O. The van der Waals surface area contributed by atoms with Crippen LogP contribution in [-0.2, 0) is 0 Å². The number of halogens is 1. The smallest absolute Gasteiger partial charge is 0.165 e. The number of hydrogen-bond donors (Lipinski definition) is 1. The van der Waals surface area contributed by atoms with Gasteiger partial charge in [0, 0.05) is 6.04 Å². The van der Waals surface area contributed by atoms with Gasteiger partial charge in [-0.2, -0.15) is 0 Å². The Morgan fingerprint density at radius 3 is 2.53 bits per heavy atom. The minimum atomic E-state index is -0.277. The standard InChI is InChI=1S/C15H23FN2O/c1-18(2)15(11-6-8-17-9-7-11)12-4-5-14(19-3)13(16)10-12/h4-5,10-11,15,17H,6-9H2,1-3H3. The first kappa shape index (κ1) is 14.3. The van der Waals surface area contributed by atoms with Crippen molar-refractivity contribution in [2.45, 2.75) is 18.9 Å². The zero-order valence-electron chi connectivity index (χ0n) is 11.9. The Morgan fingerprint density at radius 2 is 2.00 bits per heavy atom. The van der Waals surface area contributed by atoms with Crippen molar-refractivity contribution >= 4 is 0 Å². The van der Waals surface area contributed by atoms with Crippen molar-refractivity contribution in [3.8, 4) is 5.75 Å². The van der Waals surface area contributed by atoms with Gasteiger partial charge in [-0.05, 0) is 63.6 Å². The molecule has 1 saturated heterocycles. The molecule has 0 radical (unpaired) electrons. The molecular weight excluding hydrogens is 243 g/mol. The number of nitrogens with one attached hydrogen (secondary N) is 1. The van der Waals surface area contributed by atoms with Crippen LogP contribution in [0.15, 0.2) is 18.2 Å². The Bertz CT molecular complexity index is 417. The Balaban J connectivity index is 2.25. The summed E-state index contributed by atoms with van der Waals surface area (Å²) in [5.74, 6) is 0.608. The highest BCUT2D eigenvalue weighted by atomic mass is 19.1. The minimum Gasteiger partial charge on any atom is -0.494 e. The molecule has 1 aliphatic heterocycles. The van der Waals surface area contributed by atoms with Gasteiger partial charge in [-0.15, -0.1) is 0 Å². The molecule has 2 rings (SSSR count). The molecule has 19 heavy (non-hydrogen) atoms. The summed E-state index contributed by atoms with van der Waals surface area (Å²) in [6, 6.07) is 5.59. The van der Waals surface area contributed by atoms with E-state index in [0.29, 0.717) is 11.7 Å². The highest BCUT2D eigenvalue weighted by molar-refractivity contribution is 5.31. The largest absolute Gasteiger partial charge is 0.494 e. The van der Waals surface area contributed by atoms with Crippen molar-refractivity contribution in [3.05, 3.63) is 29.6 Å². The maximum absolute atomic E-state index is 13.9. The molecule has 1 unspecified atom stereocenters. The molecule has 0 amide bonds. The fourth-order valence-electron chi connectivity index (χ4n) is 3.02. The molecule has 0 aliphatic carbocycles. The number of rotatable bonds is 4. The fourth-order valence-corrected chi connectivity index (χ4v) is 3.02. The normalized spacial score (nSPS) is 18.6. The summed E-state index contributed by atoms with van der Waals surface area (Å²) in [4.78, 5) is 2.19. The Hall–Kier alpha value is -1.13. The van der Waals surface area contributed by atoms with Crippen molar-refractivity contribution < 1.29 is 9.13 Å². The third-order valence-corrected chi connectivity index (χ3v) is 3.90. The first-order chi connectivity index (χ1) is 9.13. The van der Waals surface area contributed by atoms with E-state index in [9.17, 15) is 4.39 Å². The summed E-state index contributed by atoms with van der Waals surface area (Å²) < 4.78 is 18.9. The molecule has 1 fully saturated rings. The molecule has 1 heterocycles. The maximum atomic E-state index is 13.9. The fraction of sp³-hybridized carbons (Fsp3) is 0.600. The summed E-state index contributed by atoms with van der Waals surface area (Å²) in [7, 11) is 5.62. The molecule has 0 saturated carbocycles. The van der Waals surface area contributed by atoms with E-state index < -0.39 is 0 Å². The van der Waals surface area contributed by atoms with Gasteiger partial charge in [-0.3, -0.25) is 0 Å². The monoisotopic (exact) mass is 266 g/mol. The van der Waals surface area contributed by atoms with Crippen LogP contribution in [0.5, 0.6) is 5.75 Å². The van der Waals surface area contributed by atoms with E-state index >= 15 is 0 Å². The number of hydrogen-bond acceptors (Lipinski definition) is 3. The van der Waals surface area contributed by atoms with Gasteiger partial charge in [0.1, 0.15) is 0 Å². The van der Waals surface area contributed by atoms with Crippen LogP contribution in [0.3, 0.4) is 0 Å². The lowest BCUT2D eigenvalue weighted by Gasteiger charge is -2.35. The van der Waals surface area contributed by atoms with Crippen molar-refractivity contribution in [3.63, 3.8) is 0 Å². The van der Waals surface area contributed by atoms with Crippen LogP contribution in [0.4, 0.5) is 4.39 Å². The van der Waals surface area contributed by atoms with Crippen LogP contribution < -0.4 is 10.1 Å². The van der Waals surface area contributed by atoms with Gasteiger partial charge in [-0.1, -0.05) is 6.07 Å². The summed E-state index contributed by atoms with van der Waals surface area (Å²) in [5, 5.41) is 3.38. The van der Waals surface area contributed by atoms with E-state index in [1.165, 1.54) is 7.11 Å². The molecule has 1 aromatic rings. The number of piperidine rings is 1. The lowest BCUT2D eigenvalue weighted by molar-refractivity contribution is 0.177. The number of nitrogens with zero attached hydrogens (tertiary/aromatic N) is 1. The van der Waals surface area contributed by atoms with Crippen molar-refractivity contribution in [1.29, 1.82) is 0 Å². The molecule has 3 nitrogen and oxygen atoms in total. The van der Waals surface area contributed by atoms with E-state index in [1.807, 2.05) is 6.07 Å². The van der Waals surface area contributed by atoms with Gasteiger partial charge < -0.3 is 15.0 Å². The molecule has 4 heteroatoms. The SMILES string of the molecule is COc1ccc(C(C2CCNCC2)N(C)C)cc1F. The number of methoxy groups -OCH3 is 1. The first-order valence-corrected chi connectivity index (χ1v) is 6.84. The van der Waals surface area contributed by atoms with Gasteiger partial charge in [0.05, 0.1) is 7.11 Å². The summed E-state index contributed by atoms with van der Waals surface area (Å²) >= 11 is 0. The minimum absolute atomic E-state index is 0.266. The van der Waals surface area contributed by atoms with E-state index in [-0.39, 0.29) is 11.9 Å². The van der Waals surface area contributed by atoms with Crippen molar-refractivity contribution in [2.75, 3.05) is 34.3 Å². The predicted molar refractivity (Wildman–Crippen MR) is 75.0 cm³/mol. The maximum Gasteiger partial charge on any atom is 0.165 e. The Labute approximate surface area is 114 Å². The second-order valence-corrected chi connectivity index (χ2v) is 5.39. The summed E-state index contributed by atoms with van der Waals surface area (Å²) in [5.41, 5.74) is 1.04. The first-order valence-electron chi connectivity index (χ1n) is 6.84. The quantitative estimate of drug-likeness (QED) is 0.906. The highest BCUT2D eigenvalue weighted by Gasteiger charge is 2.27. The average molecular weight is 266 g/mol. The van der Waals surface area contributed by atoms with Gasteiger partial charge in [0.2, 0.25) is 0 Å². The zero-order valence-corrected chi connectivity index (χ0v) is 11.9. The summed E-state index contributed by atoms with van der Waals surface area (Å²) in [6.07, 6.45) is 2.27. The van der Waals surface area contributed by atoms with E-state index in [4.69, 9.17) is 4.74 Å². The third-order valence-electron chi connectivity index (χ3n) is 3.90. The molecule has 1 aromatic carbocycles. The van der Waals surface area contributed by atoms with Crippen LogP contribution in [0.2, 0.25) is 0 Å². The molecule has 0 spiro atoms. The van der Waals surface area contributed by atoms with Gasteiger partial charge in [0.25, 0.3) is 0 Å². The second-order valence-electron chi connectivity index (χ2n) is 5.39. The van der Waals surface area contributed by atoms with Crippen molar-refractivity contribution in [2.24, 2.45) is 5.92 Å². The molecule has 106 valence electrons. The Morgan fingerprint density at radius 1 is 1.32 bits per heavy atom. The van der Waals surface area contributed by atoms with Gasteiger partial charge in [-0.25, -0.2) is 4.39 Å². The third kappa shape index (κ3) is 3.25. The van der Waals surface area contributed by atoms with E-state index in [2.05, 4.69) is 24.3 Å². The van der Waals surface area contributed by atoms with Crippen LogP contribution in [-0.4, -0.2) is 39.2 Å². The van der Waals surface area contributed by atoms with E-state index in [1.54, 1.807) is 12.1 Å². The van der Waals surface area contributed by atoms with E-state index in [0.717, 1.165) is 31.5 Å². The molecule has 0 bridgehead atoms.